The Labute approximate surface area is 186 Å². The van der Waals surface area contributed by atoms with E-state index in [2.05, 4.69) is 0 Å². The summed E-state index contributed by atoms with van der Waals surface area (Å²) in [6, 6.07) is 13.3. The Bertz CT molecular complexity index is 1270. The molecular formula is C26H25NO5. The Morgan fingerprint density at radius 1 is 0.938 bits per heavy atom. The Kier molecular flexibility index (Phi) is 5.38. The molecule has 1 fully saturated rings. The van der Waals surface area contributed by atoms with E-state index in [1.807, 2.05) is 32.9 Å². The van der Waals surface area contributed by atoms with Crippen LogP contribution in [0.5, 0.6) is 5.75 Å². The number of Topliss-reactive ketones (excluding diaryl/α,β-unsaturated/α-hetero) is 1. The van der Waals surface area contributed by atoms with Gasteiger partial charge in [0.1, 0.15) is 29.1 Å². The van der Waals surface area contributed by atoms with Crippen molar-refractivity contribution in [3.63, 3.8) is 0 Å². The van der Waals surface area contributed by atoms with Gasteiger partial charge < -0.3 is 14.3 Å². The van der Waals surface area contributed by atoms with Crippen molar-refractivity contribution < 1.29 is 23.8 Å². The first kappa shape index (κ1) is 21.4. The van der Waals surface area contributed by atoms with Crippen molar-refractivity contribution in [1.29, 1.82) is 0 Å². The SMILES string of the molecule is COc1ccc(/C(O)=C2/C(=O)C(=O)N(c3ccc(C)c(C)c3)C2c2ccc(C)o2)c(C)c1. The van der Waals surface area contributed by atoms with E-state index in [0.29, 0.717) is 34.1 Å². The molecule has 0 radical (unpaired) electrons. The lowest BCUT2D eigenvalue weighted by Gasteiger charge is -2.24. The van der Waals surface area contributed by atoms with Crippen molar-refractivity contribution in [1.82, 2.24) is 0 Å². The summed E-state index contributed by atoms with van der Waals surface area (Å²) in [6.45, 7) is 7.53. The van der Waals surface area contributed by atoms with Crippen LogP contribution in [0.1, 0.15) is 39.8 Å². The number of methoxy groups -OCH3 is 1. The van der Waals surface area contributed by atoms with Gasteiger partial charge >= 0.3 is 0 Å². The molecule has 4 rings (SSSR count). The van der Waals surface area contributed by atoms with Crippen molar-refractivity contribution in [3.05, 3.63) is 87.9 Å². The van der Waals surface area contributed by atoms with E-state index in [0.717, 1.165) is 11.1 Å². The molecule has 1 unspecified atom stereocenters. The molecule has 1 amide bonds. The minimum atomic E-state index is -0.882. The Morgan fingerprint density at radius 2 is 1.69 bits per heavy atom. The van der Waals surface area contributed by atoms with Crippen molar-refractivity contribution in [2.75, 3.05) is 12.0 Å². The Morgan fingerprint density at radius 3 is 2.28 bits per heavy atom. The van der Waals surface area contributed by atoms with Gasteiger partial charge in [-0.1, -0.05) is 6.07 Å². The summed E-state index contributed by atoms with van der Waals surface area (Å²) in [5.41, 5.74) is 3.80. The van der Waals surface area contributed by atoms with E-state index in [1.54, 1.807) is 50.4 Å². The molecule has 0 spiro atoms. The number of benzene rings is 2. The summed E-state index contributed by atoms with van der Waals surface area (Å²) in [7, 11) is 1.56. The maximum absolute atomic E-state index is 13.2. The van der Waals surface area contributed by atoms with Crippen LogP contribution in [0.25, 0.3) is 5.76 Å². The summed E-state index contributed by atoms with van der Waals surface area (Å²) in [5, 5.41) is 11.3. The molecule has 2 aromatic carbocycles. The molecule has 32 heavy (non-hydrogen) atoms. The predicted molar refractivity (Wildman–Crippen MR) is 122 cm³/mol. The zero-order valence-corrected chi connectivity index (χ0v) is 18.7. The molecule has 3 aromatic rings. The van der Waals surface area contributed by atoms with Crippen LogP contribution >= 0.6 is 0 Å². The van der Waals surface area contributed by atoms with Crippen molar-refractivity contribution in [2.24, 2.45) is 0 Å². The van der Waals surface area contributed by atoms with E-state index in [1.165, 1.54) is 4.90 Å². The van der Waals surface area contributed by atoms with E-state index in [4.69, 9.17) is 9.15 Å². The summed E-state index contributed by atoms with van der Waals surface area (Å²) in [4.78, 5) is 27.8. The third kappa shape index (κ3) is 3.47. The fourth-order valence-electron chi connectivity index (χ4n) is 4.02. The smallest absolute Gasteiger partial charge is 0.300 e. The number of nitrogens with zero attached hydrogens (tertiary/aromatic N) is 1. The van der Waals surface area contributed by atoms with E-state index >= 15 is 0 Å². The number of amides is 1. The number of rotatable bonds is 4. The number of furan rings is 1. The summed E-state index contributed by atoms with van der Waals surface area (Å²) in [5.74, 6) is -0.0179. The first-order valence-electron chi connectivity index (χ1n) is 10.3. The Hall–Kier alpha value is -3.80. The molecule has 0 saturated carbocycles. The van der Waals surface area contributed by atoms with Gasteiger partial charge in [0, 0.05) is 11.3 Å². The van der Waals surface area contributed by atoms with Crippen LogP contribution in [0.3, 0.4) is 0 Å². The van der Waals surface area contributed by atoms with Gasteiger partial charge in [-0.05, 0) is 86.8 Å². The summed E-state index contributed by atoms with van der Waals surface area (Å²) >= 11 is 0. The molecule has 164 valence electrons. The standard InChI is InChI=1S/C26H25NO5/c1-14-6-8-18(12-15(14)2)27-23(21-11-7-17(4)32-21)22(25(29)26(27)30)24(28)20-10-9-19(31-5)13-16(20)3/h6-13,23,28H,1-5H3/b24-22-. The van der Waals surface area contributed by atoms with Gasteiger partial charge in [0.25, 0.3) is 11.7 Å². The number of ether oxygens (including phenoxy) is 1. The molecular weight excluding hydrogens is 406 g/mol. The molecule has 1 N–H and O–H groups in total. The van der Waals surface area contributed by atoms with Crippen LogP contribution in [-0.4, -0.2) is 23.9 Å². The van der Waals surface area contributed by atoms with E-state index in [9.17, 15) is 14.7 Å². The number of aliphatic hydroxyl groups is 1. The minimum absolute atomic E-state index is 0.00385. The predicted octanol–water partition coefficient (Wildman–Crippen LogP) is 5.15. The van der Waals surface area contributed by atoms with Gasteiger partial charge in [-0.3, -0.25) is 14.5 Å². The normalized spacial score (nSPS) is 17.8. The minimum Gasteiger partial charge on any atom is -0.507 e. The van der Waals surface area contributed by atoms with Crippen LogP contribution in [0.4, 0.5) is 5.69 Å². The number of carbonyl (C=O) groups is 2. The second-order valence-electron chi connectivity index (χ2n) is 8.07. The highest BCUT2D eigenvalue weighted by atomic mass is 16.5. The molecule has 2 heterocycles. The second-order valence-corrected chi connectivity index (χ2v) is 8.07. The number of anilines is 1. The highest BCUT2D eigenvalue weighted by molar-refractivity contribution is 6.51. The number of carbonyl (C=O) groups excluding carboxylic acids is 2. The molecule has 6 heteroatoms. The molecule has 1 saturated heterocycles. The fourth-order valence-corrected chi connectivity index (χ4v) is 4.02. The highest BCUT2D eigenvalue weighted by Crippen LogP contribution is 2.43. The van der Waals surface area contributed by atoms with E-state index in [-0.39, 0.29) is 11.3 Å². The average molecular weight is 431 g/mol. The third-order valence-electron chi connectivity index (χ3n) is 5.93. The van der Waals surface area contributed by atoms with Gasteiger partial charge in [0.2, 0.25) is 0 Å². The van der Waals surface area contributed by atoms with Crippen molar-refractivity contribution >= 4 is 23.1 Å². The van der Waals surface area contributed by atoms with E-state index < -0.39 is 17.7 Å². The lowest BCUT2D eigenvalue weighted by molar-refractivity contribution is -0.132. The number of ketones is 1. The van der Waals surface area contributed by atoms with Crippen LogP contribution in [0.15, 0.2) is 58.5 Å². The van der Waals surface area contributed by atoms with Gasteiger partial charge in [-0.25, -0.2) is 0 Å². The molecule has 0 bridgehead atoms. The van der Waals surface area contributed by atoms with Crippen LogP contribution in [0, 0.1) is 27.7 Å². The second kappa shape index (κ2) is 8.04. The maximum atomic E-state index is 13.2. The first-order valence-corrected chi connectivity index (χ1v) is 10.3. The van der Waals surface area contributed by atoms with Gasteiger partial charge in [0.15, 0.2) is 0 Å². The average Bonchev–Trinajstić information content (AvgIpc) is 3.30. The van der Waals surface area contributed by atoms with Crippen molar-refractivity contribution in [2.45, 2.75) is 33.7 Å². The maximum Gasteiger partial charge on any atom is 0.300 e. The fraction of sp³-hybridized carbons (Fsp3) is 0.231. The lowest BCUT2D eigenvalue weighted by Crippen LogP contribution is -2.29. The Balaban J connectivity index is 1.95. The zero-order chi connectivity index (χ0) is 23.2. The first-order chi connectivity index (χ1) is 15.2. The topological polar surface area (TPSA) is 80.0 Å². The van der Waals surface area contributed by atoms with Crippen molar-refractivity contribution in [3.8, 4) is 5.75 Å². The van der Waals surface area contributed by atoms with Gasteiger partial charge in [0.05, 0.1) is 12.7 Å². The summed E-state index contributed by atoms with van der Waals surface area (Å²) < 4.78 is 11.1. The number of hydrogen-bond donors (Lipinski definition) is 1. The van der Waals surface area contributed by atoms with Crippen LogP contribution in [0.2, 0.25) is 0 Å². The zero-order valence-electron chi connectivity index (χ0n) is 18.7. The number of hydrogen-bond acceptors (Lipinski definition) is 5. The number of aliphatic hydroxyl groups excluding tert-OH is 1. The van der Waals surface area contributed by atoms with Crippen LogP contribution < -0.4 is 9.64 Å². The molecule has 1 aliphatic rings. The van der Waals surface area contributed by atoms with Gasteiger partial charge in [-0.15, -0.1) is 0 Å². The molecule has 6 nitrogen and oxygen atoms in total. The van der Waals surface area contributed by atoms with Gasteiger partial charge in [-0.2, -0.15) is 0 Å². The third-order valence-corrected chi connectivity index (χ3v) is 5.93. The largest absolute Gasteiger partial charge is 0.507 e. The molecule has 1 aliphatic heterocycles. The van der Waals surface area contributed by atoms with Crippen LogP contribution in [-0.2, 0) is 9.59 Å². The lowest BCUT2D eigenvalue weighted by atomic mass is 9.96. The highest BCUT2D eigenvalue weighted by Gasteiger charge is 2.48. The molecule has 1 aromatic heterocycles. The number of aryl methyl sites for hydroxylation is 4. The summed E-state index contributed by atoms with van der Waals surface area (Å²) in [6.07, 6.45) is 0. The molecule has 0 aliphatic carbocycles. The monoisotopic (exact) mass is 431 g/mol. The quantitative estimate of drug-likeness (QED) is 0.351. The molecule has 1 atom stereocenters.